The van der Waals surface area contributed by atoms with E-state index in [9.17, 15) is 4.79 Å². The Kier molecular flexibility index (Phi) is 8.00. The van der Waals surface area contributed by atoms with Crippen molar-refractivity contribution in [2.75, 3.05) is 33.4 Å². The molecule has 1 aromatic rings. The molecule has 118 valence electrons. The summed E-state index contributed by atoms with van der Waals surface area (Å²) in [5, 5.41) is 6.65. The van der Waals surface area contributed by atoms with Gasteiger partial charge in [-0.3, -0.25) is 4.79 Å². The van der Waals surface area contributed by atoms with Crippen LogP contribution in [-0.4, -0.2) is 45.4 Å². The minimum atomic E-state index is -0.425. The van der Waals surface area contributed by atoms with Crippen LogP contribution in [0.2, 0.25) is 5.02 Å². The van der Waals surface area contributed by atoms with Gasteiger partial charge in [0.1, 0.15) is 6.10 Å². The molecule has 1 heterocycles. The molecule has 0 radical (unpaired) electrons. The van der Waals surface area contributed by atoms with E-state index in [1.165, 1.54) is 0 Å². The molecule has 1 amide bonds. The first kappa shape index (κ1) is 18.2. The third kappa shape index (κ3) is 5.45. The number of hydrogen-bond acceptors (Lipinski definition) is 4. The smallest absolute Gasteiger partial charge is 0.250 e. The van der Waals surface area contributed by atoms with Gasteiger partial charge in [-0.1, -0.05) is 23.7 Å². The summed E-state index contributed by atoms with van der Waals surface area (Å²) in [6.45, 7) is 2.29. The summed E-state index contributed by atoms with van der Waals surface area (Å²) in [5.41, 5.74) is 0.972. The molecule has 1 aliphatic heterocycles. The van der Waals surface area contributed by atoms with Crippen LogP contribution in [0.4, 0.5) is 0 Å². The fourth-order valence-electron chi connectivity index (χ4n) is 2.06. The Labute approximate surface area is 135 Å². The molecule has 2 unspecified atom stereocenters. The molecule has 0 bridgehead atoms. The van der Waals surface area contributed by atoms with Crippen LogP contribution in [0.25, 0.3) is 0 Å². The molecule has 21 heavy (non-hydrogen) atoms. The number of benzene rings is 1. The lowest BCUT2D eigenvalue weighted by Crippen LogP contribution is -2.48. The van der Waals surface area contributed by atoms with E-state index < -0.39 is 6.10 Å². The first-order chi connectivity index (χ1) is 9.70. The van der Waals surface area contributed by atoms with Crippen molar-refractivity contribution in [2.45, 2.75) is 12.2 Å². The van der Waals surface area contributed by atoms with Gasteiger partial charge < -0.3 is 20.1 Å². The zero-order valence-electron chi connectivity index (χ0n) is 11.8. The lowest BCUT2D eigenvalue weighted by atomic mass is 10.1. The molecule has 5 nitrogen and oxygen atoms in total. The van der Waals surface area contributed by atoms with E-state index in [4.69, 9.17) is 21.1 Å². The second-order valence-corrected chi connectivity index (χ2v) is 5.02. The number of carbonyl (C=O) groups is 1. The summed E-state index contributed by atoms with van der Waals surface area (Å²) in [4.78, 5) is 12.0. The standard InChI is InChI=1S/C14H19ClN2O3.ClH/c1-19-12(10-2-4-11(15)5-3-10)9-17-14(18)13-8-16-6-7-20-13;/h2-5,12-13,16H,6-9H2,1H3,(H,17,18);1H. The highest BCUT2D eigenvalue weighted by atomic mass is 35.5. The number of ether oxygens (including phenoxy) is 2. The topological polar surface area (TPSA) is 59.6 Å². The van der Waals surface area contributed by atoms with Crippen LogP contribution >= 0.6 is 24.0 Å². The average Bonchev–Trinajstić information content (AvgIpc) is 2.50. The summed E-state index contributed by atoms with van der Waals surface area (Å²) < 4.78 is 10.8. The Balaban J connectivity index is 0.00000220. The van der Waals surface area contributed by atoms with Crippen LogP contribution in [0.1, 0.15) is 11.7 Å². The van der Waals surface area contributed by atoms with E-state index in [0.29, 0.717) is 24.7 Å². The maximum absolute atomic E-state index is 12.0. The highest BCUT2D eigenvalue weighted by Crippen LogP contribution is 2.18. The molecule has 7 heteroatoms. The van der Waals surface area contributed by atoms with Crippen molar-refractivity contribution in [3.63, 3.8) is 0 Å². The molecule has 1 saturated heterocycles. The second-order valence-electron chi connectivity index (χ2n) is 4.58. The van der Waals surface area contributed by atoms with Crippen LogP contribution in [0, 0.1) is 0 Å². The Morgan fingerprint density at radius 3 is 2.81 bits per heavy atom. The van der Waals surface area contributed by atoms with Gasteiger partial charge in [0, 0.05) is 31.8 Å². The van der Waals surface area contributed by atoms with Gasteiger partial charge in [-0.25, -0.2) is 0 Å². The Morgan fingerprint density at radius 1 is 1.52 bits per heavy atom. The first-order valence-corrected chi connectivity index (χ1v) is 6.97. The number of amides is 1. The Hall–Kier alpha value is -0.850. The van der Waals surface area contributed by atoms with E-state index in [-0.39, 0.29) is 24.4 Å². The number of hydrogen-bond donors (Lipinski definition) is 2. The number of halogens is 2. The Bertz CT molecular complexity index is 436. The van der Waals surface area contributed by atoms with Crippen molar-refractivity contribution in [1.29, 1.82) is 0 Å². The van der Waals surface area contributed by atoms with E-state index in [2.05, 4.69) is 10.6 Å². The predicted molar refractivity (Wildman–Crippen MR) is 84.1 cm³/mol. The lowest BCUT2D eigenvalue weighted by molar-refractivity contribution is -0.134. The van der Waals surface area contributed by atoms with Crippen LogP contribution in [0.3, 0.4) is 0 Å². The van der Waals surface area contributed by atoms with Gasteiger partial charge in [-0.05, 0) is 17.7 Å². The zero-order chi connectivity index (χ0) is 14.4. The van der Waals surface area contributed by atoms with E-state index in [1.807, 2.05) is 12.1 Å². The normalized spacial score (nSPS) is 19.4. The van der Waals surface area contributed by atoms with Crippen LogP contribution in [0.5, 0.6) is 0 Å². The molecular formula is C14H20Cl2N2O3. The molecule has 2 atom stereocenters. The van der Waals surface area contributed by atoms with Crippen LogP contribution < -0.4 is 10.6 Å². The maximum Gasteiger partial charge on any atom is 0.250 e. The lowest BCUT2D eigenvalue weighted by Gasteiger charge is -2.24. The Morgan fingerprint density at radius 2 is 2.24 bits per heavy atom. The molecule has 1 aromatic carbocycles. The van der Waals surface area contributed by atoms with Crippen LogP contribution in [-0.2, 0) is 14.3 Å². The number of rotatable bonds is 5. The monoisotopic (exact) mass is 334 g/mol. The van der Waals surface area contributed by atoms with Gasteiger partial charge in [0.05, 0.1) is 12.7 Å². The van der Waals surface area contributed by atoms with Gasteiger partial charge in [-0.15, -0.1) is 12.4 Å². The zero-order valence-corrected chi connectivity index (χ0v) is 13.4. The fourth-order valence-corrected chi connectivity index (χ4v) is 2.18. The van der Waals surface area contributed by atoms with Crippen molar-refractivity contribution < 1.29 is 14.3 Å². The van der Waals surface area contributed by atoms with E-state index in [1.54, 1.807) is 19.2 Å². The molecule has 0 aromatic heterocycles. The molecule has 0 saturated carbocycles. The average molecular weight is 335 g/mol. The van der Waals surface area contributed by atoms with Crippen molar-refractivity contribution in [3.8, 4) is 0 Å². The SMILES string of the molecule is COC(CNC(=O)C1CNCCO1)c1ccc(Cl)cc1.Cl. The third-order valence-electron chi connectivity index (χ3n) is 3.21. The van der Waals surface area contributed by atoms with Crippen molar-refractivity contribution in [3.05, 3.63) is 34.9 Å². The molecule has 0 aliphatic carbocycles. The summed E-state index contributed by atoms with van der Waals surface area (Å²) >= 11 is 5.85. The number of methoxy groups -OCH3 is 1. The molecule has 1 fully saturated rings. The number of morpholine rings is 1. The maximum atomic E-state index is 12.0. The number of carbonyl (C=O) groups excluding carboxylic acids is 1. The van der Waals surface area contributed by atoms with Gasteiger partial charge in [0.2, 0.25) is 0 Å². The molecule has 2 N–H and O–H groups in total. The predicted octanol–water partition coefficient (Wildman–Crippen LogP) is 1.55. The number of nitrogens with one attached hydrogen (secondary N) is 2. The third-order valence-corrected chi connectivity index (χ3v) is 3.46. The minimum absolute atomic E-state index is 0. The van der Waals surface area contributed by atoms with Crippen molar-refractivity contribution in [2.24, 2.45) is 0 Å². The van der Waals surface area contributed by atoms with Gasteiger partial charge >= 0.3 is 0 Å². The quantitative estimate of drug-likeness (QED) is 0.857. The summed E-state index contributed by atoms with van der Waals surface area (Å²) in [6.07, 6.45) is -0.626. The van der Waals surface area contributed by atoms with Gasteiger partial charge in [0.15, 0.2) is 0 Å². The van der Waals surface area contributed by atoms with Crippen molar-refractivity contribution in [1.82, 2.24) is 10.6 Å². The summed E-state index contributed by atoms with van der Waals surface area (Å²) in [5.74, 6) is -0.117. The van der Waals surface area contributed by atoms with Crippen molar-refractivity contribution >= 4 is 29.9 Å². The molecule has 1 aliphatic rings. The minimum Gasteiger partial charge on any atom is -0.375 e. The second kappa shape index (κ2) is 9.23. The van der Waals surface area contributed by atoms with E-state index >= 15 is 0 Å². The summed E-state index contributed by atoms with van der Waals surface area (Å²) in [7, 11) is 1.62. The highest BCUT2D eigenvalue weighted by Gasteiger charge is 2.22. The largest absolute Gasteiger partial charge is 0.375 e. The van der Waals surface area contributed by atoms with Gasteiger partial charge in [-0.2, -0.15) is 0 Å². The molecular weight excluding hydrogens is 315 g/mol. The van der Waals surface area contributed by atoms with Crippen LogP contribution in [0.15, 0.2) is 24.3 Å². The molecule has 0 spiro atoms. The fraction of sp³-hybridized carbons (Fsp3) is 0.500. The van der Waals surface area contributed by atoms with E-state index in [0.717, 1.165) is 12.1 Å². The summed E-state index contributed by atoms with van der Waals surface area (Å²) in [6, 6.07) is 7.39. The van der Waals surface area contributed by atoms with Gasteiger partial charge in [0.25, 0.3) is 5.91 Å². The molecule has 2 rings (SSSR count). The highest BCUT2D eigenvalue weighted by molar-refractivity contribution is 6.30. The first-order valence-electron chi connectivity index (χ1n) is 6.59.